The molecule has 1 amide bonds. The molecule has 0 saturated carbocycles. The van der Waals surface area contributed by atoms with Gasteiger partial charge >= 0.3 is 5.97 Å². The molecule has 0 unspecified atom stereocenters. The van der Waals surface area contributed by atoms with Gasteiger partial charge in [-0.15, -0.1) is 23.1 Å². The van der Waals surface area contributed by atoms with Crippen molar-refractivity contribution in [3.63, 3.8) is 0 Å². The lowest BCUT2D eigenvalue weighted by Gasteiger charge is -2.08. The lowest BCUT2D eigenvalue weighted by molar-refractivity contribution is -0.384. The number of thiophene rings is 1. The molecule has 0 atom stereocenters. The first-order valence-corrected chi connectivity index (χ1v) is 9.72. The van der Waals surface area contributed by atoms with Crippen LogP contribution in [0, 0.1) is 17.0 Å². The van der Waals surface area contributed by atoms with Crippen LogP contribution in [0.15, 0.2) is 30.3 Å². The Morgan fingerprint density at radius 2 is 2.12 bits per heavy atom. The first kappa shape index (κ1) is 20.2. The Balaban J connectivity index is 1.72. The van der Waals surface area contributed by atoms with E-state index in [0.29, 0.717) is 21.3 Å². The van der Waals surface area contributed by atoms with Crippen molar-refractivity contribution in [2.24, 2.45) is 0 Å². The summed E-state index contributed by atoms with van der Waals surface area (Å²) >= 11 is 8.65. The van der Waals surface area contributed by atoms with Gasteiger partial charge in [0, 0.05) is 28.5 Å². The second-order valence-electron chi connectivity index (χ2n) is 5.16. The fraction of sp³-hybridized carbons (Fsp3) is 0.250. The number of nitro benzene ring substituents is 1. The van der Waals surface area contributed by atoms with Gasteiger partial charge in [-0.25, -0.2) is 0 Å². The van der Waals surface area contributed by atoms with Crippen molar-refractivity contribution in [2.75, 3.05) is 17.7 Å². The second-order valence-corrected chi connectivity index (χ2v) is 7.95. The third-order valence-electron chi connectivity index (χ3n) is 3.15. The minimum Gasteiger partial charge on any atom is -0.455 e. The number of amides is 1. The molecule has 0 fully saturated rings. The summed E-state index contributed by atoms with van der Waals surface area (Å²) in [6.45, 7) is 1.22. The van der Waals surface area contributed by atoms with E-state index in [1.165, 1.54) is 41.3 Å². The summed E-state index contributed by atoms with van der Waals surface area (Å²) < 4.78 is 5.61. The largest absolute Gasteiger partial charge is 0.455 e. The number of carbonyl (C=O) groups excluding carboxylic acids is 2. The molecule has 0 aliphatic carbocycles. The molecule has 1 aromatic carbocycles. The van der Waals surface area contributed by atoms with Crippen LogP contribution in [-0.4, -0.2) is 29.2 Å². The monoisotopic (exact) mass is 414 g/mol. The Kier molecular flexibility index (Phi) is 7.43. The van der Waals surface area contributed by atoms with Gasteiger partial charge in [0.1, 0.15) is 0 Å². The highest BCUT2D eigenvalue weighted by atomic mass is 35.5. The maximum absolute atomic E-state index is 11.8. The number of hydrogen-bond acceptors (Lipinski definition) is 7. The number of aryl methyl sites for hydroxylation is 1. The number of non-ortho nitro benzene ring substituents is 1. The van der Waals surface area contributed by atoms with E-state index in [1.807, 2.05) is 6.07 Å². The summed E-state index contributed by atoms with van der Waals surface area (Å²) in [4.78, 5) is 34.7. The number of nitro groups is 1. The molecule has 2 aromatic rings. The molecule has 0 aliphatic rings. The van der Waals surface area contributed by atoms with Crippen LogP contribution in [0.25, 0.3) is 0 Å². The van der Waals surface area contributed by atoms with Gasteiger partial charge in [0.05, 0.1) is 15.0 Å². The second kappa shape index (κ2) is 9.56. The van der Waals surface area contributed by atoms with Crippen molar-refractivity contribution in [2.45, 2.75) is 12.7 Å². The Bertz CT molecular complexity index is 825. The van der Waals surface area contributed by atoms with Gasteiger partial charge in [0.2, 0.25) is 0 Å². The molecule has 1 N–H and O–H groups in total. The molecule has 7 nitrogen and oxygen atoms in total. The summed E-state index contributed by atoms with van der Waals surface area (Å²) in [6.07, 6.45) is 0. The first-order chi connectivity index (χ1) is 12.3. The van der Waals surface area contributed by atoms with Crippen LogP contribution < -0.4 is 5.32 Å². The minimum absolute atomic E-state index is 0.0593. The Morgan fingerprint density at radius 1 is 1.35 bits per heavy atom. The van der Waals surface area contributed by atoms with Gasteiger partial charge in [0.15, 0.2) is 6.61 Å². The number of hydrogen-bond donors (Lipinski definition) is 1. The van der Waals surface area contributed by atoms with Gasteiger partial charge < -0.3 is 10.1 Å². The molecule has 0 aliphatic heterocycles. The number of halogens is 1. The fourth-order valence-corrected chi connectivity index (χ4v) is 3.96. The van der Waals surface area contributed by atoms with Crippen LogP contribution in [0.1, 0.15) is 10.4 Å². The maximum Gasteiger partial charge on any atom is 0.316 e. The quantitative estimate of drug-likeness (QED) is 0.397. The van der Waals surface area contributed by atoms with Crippen molar-refractivity contribution in [1.82, 2.24) is 0 Å². The molecule has 0 bridgehead atoms. The highest BCUT2D eigenvalue weighted by Crippen LogP contribution is 2.25. The lowest BCUT2D eigenvalue weighted by Crippen LogP contribution is -2.22. The van der Waals surface area contributed by atoms with Gasteiger partial charge in [-0.3, -0.25) is 19.7 Å². The van der Waals surface area contributed by atoms with Crippen molar-refractivity contribution in [1.29, 1.82) is 0 Å². The third kappa shape index (κ3) is 6.32. The van der Waals surface area contributed by atoms with E-state index in [2.05, 4.69) is 5.32 Å². The number of ether oxygens (including phenoxy) is 1. The van der Waals surface area contributed by atoms with Gasteiger partial charge in [-0.05, 0) is 30.7 Å². The summed E-state index contributed by atoms with van der Waals surface area (Å²) in [5.41, 5.74) is 0.917. The van der Waals surface area contributed by atoms with Gasteiger partial charge in [-0.1, -0.05) is 11.6 Å². The molecule has 1 heterocycles. The molecule has 26 heavy (non-hydrogen) atoms. The molecular weight excluding hydrogens is 400 g/mol. The van der Waals surface area contributed by atoms with Crippen LogP contribution in [0.2, 0.25) is 4.34 Å². The van der Waals surface area contributed by atoms with Crippen LogP contribution in [0.5, 0.6) is 0 Å². The number of carbonyl (C=O) groups is 2. The highest BCUT2D eigenvalue weighted by Gasteiger charge is 2.12. The number of benzene rings is 1. The molecular formula is C16H15ClN2O5S2. The Hall–Kier alpha value is -2.10. The van der Waals surface area contributed by atoms with Crippen LogP contribution in [-0.2, 0) is 20.1 Å². The van der Waals surface area contributed by atoms with Crippen LogP contribution >= 0.6 is 34.7 Å². The molecule has 138 valence electrons. The van der Waals surface area contributed by atoms with E-state index in [9.17, 15) is 19.7 Å². The number of nitrogens with zero attached hydrogens (tertiary/aromatic N) is 1. The van der Waals surface area contributed by atoms with Crippen molar-refractivity contribution in [3.05, 3.63) is 55.2 Å². The zero-order chi connectivity index (χ0) is 19.1. The smallest absolute Gasteiger partial charge is 0.316 e. The van der Waals surface area contributed by atoms with Gasteiger partial charge in [0.25, 0.3) is 11.6 Å². The molecule has 0 saturated heterocycles. The lowest BCUT2D eigenvalue weighted by atomic mass is 10.2. The van der Waals surface area contributed by atoms with Gasteiger partial charge in [-0.2, -0.15) is 0 Å². The zero-order valence-electron chi connectivity index (χ0n) is 13.7. The topological polar surface area (TPSA) is 98.5 Å². The van der Waals surface area contributed by atoms with Crippen molar-refractivity contribution < 1.29 is 19.2 Å². The summed E-state index contributed by atoms with van der Waals surface area (Å²) in [7, 11) is 0. The maximum atomic E-state index is 11.8. The number of rotatable bonds is 8. The number of thioether (sulfide) groups is 1. The molecule has 2 rings (SSSR count). The normalized spacial score (nSPS) is 10.4. The fourth-order valence-electron chi connectivity index (χ4n) is 1.94. The SMILES string of the molecule is Cc1cc([N+](=O)[O-])ccc1NC(=O)COC(=O)CSCc1ccc(Cl)s1. The summed E-state index contributed by atoms with van der Waals surface area (Å²) in [6, 6.07) is 7.78. The number of anilines is 1. The average Bonchev–Trinajstić information content (AvgIpc) is 3.00. The van der Waals surface area contributed by atoms with E-state index in [4.69, 9.17) is 16.3 Å². The standard InChI is InChI=1S/C16H15ClN2O5S2/c1-10-6-11(19(22)23)2-4-13(10)18-15(20)7-24-16(21)9-25-8-12-3-5-14(17)26-12/h2-6H,7-9H2,1H3,(H,18,20). The van der Waals surface area contributed by atoms with Crippen molar-refractivity contribution >= 4 is 58.0 Å². The predicted octanol–water partition coefficient (Wildman–Crippen LogP) is 4.03. The van der Waals surface area contributed by atoms with Crippen molar-refractivity contribution in [3.8, 4) is 0 Å². The van der Waals surface area contributed by atoms with E-state index >= 15 is 0 Å². The first-order valence-electron chi connectivity index (χ1n) is 7.37. The molecule has 0 spiro atoms. The molecule has 10 heteroatoms. The minimum atomic E-state index is -0.512. The summed E-state index contributed by atoms with van der Waals surface area (Å²) in [5, 5.41) is 13.3. The van der Waals surface area contributed by atoms with E-state index in [-0.39, 0.29) is 11.4 Å². The third-order valence-corrected chi connectivity index (χ3v) is 5.52. The van der Waals surface area contributed by atoms with E-state index in [0.717, 1.165) is 4.88 Å². The van der Waals surface area contributed by atoms with E-state index < -0.39 is 23.4 Å². The highest BCUT2D eigenvalue weighted by molar-refractivity contribution is 7.99. The Morgan fingerprint density at radius 3 is 2.73 bits per heavy atom. The molecule has 1 aromatic heterocycles. The predicted molar refractivity (Wildman–Crippen MR) is 103 cm³/mol. The molecule has 0 radical (unpaired) electrons. The zero-order valence-corrected chi connectivity index (χ0v) is 16.1. The average molecular weight is 415 g/mol. The summed E-state index contributed by atoms with van der Waals surface area (Å²) in [5.74, 6) is -0.237. The van der Waals surface area contributed by atoms with Crippen LogP contribution in [0.4, 0.5) is 11.4 Å². The Labute approximate surface area is 162 Å². The number of esters is 1. The van der Waals surface area contributed by atoms with E-state index in [1.54, 1.807) is 13.0 Å². The van der Waals surface area contributed by atoms with Crippen LogP contribution in [0.3, 0.4) is 0 Å². The number of nitrogens with one attached hydrogen (secondary N) is 1.